The van der Waals surface area contributed by atoms with Crippen LogP contribution in [0.2, 0.25) is 0 Å². The summed E-state index contributed by atoms with van der Waals surface area (Å²) in [5.74, 6) is 0.887. The fraction of sp³-hybridized carbons (Fsp3) is 0.105. The highest BCUT2D eigenvalue weighted by Gasteiger charge is 2.27. The van der Waals surface area contributed by atoms with Crippen molar-refractivity contribution in [3.8, 4) is 11.8 Å². The molecule has 4 aromatic rings. The minimum atomic E-state index is 0.0298. The summed E-state index contributed by atoms with van der Waals surface area (Å²) in [6.45, 7) is 6.73. The van der Waals surface area contributed by atoms with Crippen molar-refractivity contribution in [1.29, 1.82) is 5.26 Å². The van der Waals surface area contributed by atoms with Crippen molar-refractivity contribution in [2.75, 3.05) is 4.90 Å². The van der Waals surface area contributed by atoms with Crippen molar-refractivity contribution in [3.05, 3.63) is 162 Å². The summed E-state index contributed by atoms with van der Waals surface area (Å²) in [7, 11) is 0. The van der Waals surface area contributed by atoms with Crippen LogP contribution in [0.15, 0.2) is 145 Å². The lowest BCUT2D eigenvalue weighted by molar-refractivity contribution is 0.731. The Hall–Kier alpha value is -5.40. The van der Waals surface area contributed by atoms with Crippen molar-refractivity contribution in [3.63, 3.8) is 0 Å². The van der Waals surface area contributed by atoms with Crippen molar-refractivity contribution in [1.82, 2.24) is 9.55 Å². The van der Waals surface area contributed by atoms with Gasteiger partial charge in [-0.15, -0.1) is 0 Å². The van der Waals surface area contributed by atoms with Crippen LogP contribution in [0.3, 0.4) is 0 Å². The molecule has 42 heavy (non-hydrogen) atoms. The summed E-state index contributed by atoms with van der Waals surface area (Å²) in [6, 6.07) is 27.6. The average Bonchev–Trinajstić information content (AvgIpc) is 3.19. The number of nitrogens with zero attached hydrogens (tertiary/aromatic N) is 4. The van der Waals surface area contributed by atoms with Gasteiger partial charge in [-0.3, -0.25) is 0 Å². The molecule has 0 spiro atoms. The van der Waals surface area contributed by atoms with Crippen LogP contribution in [-0.2, 0) is 6.54 Å². The van der Waals surface area contributed by atoms with E-state index in [2.05, 4.69) is 125 Å². The zero-order valence-corrected chi connectivity index (χ0v) is 23.7. The maximum atomic E-state index is 9.06. The van der Waals surface area contributed by atoms with Crippen molar-refractivity contribution < 1.29 is 0 Å². The molecule has 0 saturated carbocycles. The molecule has 0 saturated heterocycles. The highest BCUT2D eigenvalue weighted by molar-refractivity contribution is 5.90. The fourth-order valence-electron chi connectivity index (χ4n) is 5.64. The molecule has 0 bridgehead atoms. The fourth-order valence-corrected chi connectivity index (χ4v) is 5.64. The van der Waals surface area contributed by atoms with Crippen LogP contribution >= 0.6 is 0 Å². The standard InChI is InChI=1S/C38H32N4/c1-28(26-39)14-11-15-29(2)34-21-13-25-38(40-34)41-27-33-32-20-9-10-23-36(32)42(31-18-6-4-7-19-31)37(33)24-12-17-30-16-5-3-8-22-35(30)41/h3-16,18-25,35H,2,17,27H2,1H3/b15-11-,24-12-,28-14+. The minimum Gasteiger partial charge on any atom is -0.342 e. The number of aromatic nitrogens is 2. The lowest BCUT2D eigenvalue weighted by Gasteiger charge is -2.32. The molecule has 2 aromatic heterocycles. The van der Waals surface area contributed by atoms with Crippen LogP contribution in [0.1, 0.15) is 30.3 Å². The summed E-state index contributed by atoms with van der Waals surface area (Å²) in [4.78, 5) is 7.54. The molecule has 0 N–H and O–H groups in total. The highest BCUT2D eigenvalue weighted by Crippen LogP contribution is 2.36. The summed E-state index contributed by atoms with van der Waals surface area (Å²) in [6.07, 6.45) is 21.8. The first-order chi connectivity index (χ1) is 20.6. The number of benzene rings is 2. The summed E-state index contributed by atoms with van der Waals surface area (Å²) >= 11 is 0. The number of allylic oxidation sites excluding steroid dienone is 10. The Kier molecular flexibility index (Phi) is 7.66. The predicted molar refractivity (Wildman–Crippen MR) is 175 cm³/mol. The number of fused-ring (bicyclic) bond motifs is 4. The van der Waals surface area contributed by atoms with Gasteiger partial charge in [0.25, 0.3) is 0 Å². The van der Waals surface area contributed by atoms with Crippen molar-refractivity contribution >= 4 is 28.4 Å². The first-order valence-corrected chi connectivity index (χ1v) is 14.2. The molecular weight excluding hydrogens is 512 g/mol. The van der Waals surface area contributed by atoms with E-state index in [0.29, 0.717) is 12.1 Å². The second-order valence-electron chi connectivity index (χ2n) is 10.5. The molecule has 2 aromatic carbocycles. The number of anilines is 1. The molecular formula is C38H32N4. The Morgan fingerprint density at radius 1 is 1.00 bits per heavy atom. The van der Waals surface area contributed by atoms with Crippen LogP contribution < -0.4 is 4.90 Å². The van der Waals surface area contributed by atoms with Crippen molar-refractivity contribution in [2.24, 2.45) is 0 Å². The van der Waals surface area contributed by atoms with Crippen LogP contribution in [0.4, 0.5) is 5.82 Å². The number of para-hydroxylation sites is 2. The van der Waals surface area contributed by atoms with Crippen LogP contribution in [0, 0.1) is 11.3 Å². The zero-order chi connectivity index (χ0) is 28.9. The third-order valence-electron chi connectivity index (χ3n) is 7.71. The molecule has 204 valence electrons. The van der Waals surface area contributed by atoms with Crippen molar-refractivity contribution in [2.45, 2.75) is 25.9 Å². The minimum absolute atomic E-state index is 0.0298. The molecule has 0 amide bonds. The summed E-state index contributed by atoms with van der Waals surface area (Å²) in [5.41, 5.74) is 8.33. The normalized spacial score (nSPS) is 17.4. The molecule has 0 fully saturated rings. The lowest BCUT2D eigenvalue weighted by Crippen LogP contribution is -2.35. The van der Waals surface area contributed by atoms with Gasteiger partial charge in [-0.05, 0) is 67.0 Å². The van der Waals surface area contributed by atoms with Gasteiger partial charge in [0, 0.05) is 28.8 Å². The summed E-state index contributed by atoms with van der Waals surface area (Å²) in [5, 5.41) is 10.3. The number of hydrogen-bond acceptors (Lipinski definition) is 3. The molecule has 6 rings (SSSR count). The second-order valence-corrected chi connectivity index (χ2v) is 10.5. The average molecular weight is 545 g/mol. The smallest absolute Gasteiger partial charge is 0.130 e. The molecule has 3 heterocycles. The van der Waals surface area contributed by atoms with E-state index in [-0.39, 0.29) is 6.04 Å². The Balaban J connectivity index is 1.50. The Morgan fingerprint density at radius 2 is 1.83 bits per heavy atom. The van der Waals surface area contributed by atoms with Gasteiger partial charge in [-0.25, -0.2) is 4.98 Å². The van der Waals surface area contributed by atoms with E-state index < -0.39 is 0 Å². The van der Waals surface area contributed by atoms with E-state index >= 15 is 0 Å². The van der Waals surface area contributed by atoms with E-state index in [1.165, 1.54) is 27.7 Å². The molecule has 0 radical (unpaired) electrons. The first-order valence-electron chi connectivity index (χ1n) is 14.2. The van der Waals surface area contributed by atoms with Gasteiger partial charge in [0.05, 0.1) is 29.0 Å². The number of nitriles is 1. The van der Waals surface area contributed by atoms with Gasteiger partial charge in [0.2, 0.25) is 0 Å². The molecule has 1 atom stereocenters. The van der Waals surface area contributed by atoms with Gasteiger partial charge in [0.15, 0.2) is 0 Å². The maximum absolute atomic E-state index is 9.06. The SMILES string of the molecule is C=C(/C=C\C=C(/C)C#N)c1cccc(N2Cc3c(n(-c4ccccc4)c4ccccc34)/C=C\CC3=CC=CC=CC32)n1. The Morgan fingerprint density at radius 3 is 2.69 bits per heavy atom. The monoisotopic (exact) mass is 544 g/mol. The van der Waals surface area contributed by atoms with E-state index in [1.54, 1.807) is 13.0 Å². The molecule has 1 aliphatic carbocycles. The Bertz CT molecular complexity index is 1870. The van der Waals surface area contributed by atoms with Gasteiger partial charge in [-0.2, -0.15) is 5.26 Å². The van der Waals surface area contributed by atoms with Gasteiger partial charge in [0.1, 0.15) is 5.82 Å². The van der Waals surface area contributed by atoms with E-state index in [1.807, 2.05) is 24.3 Å². The van der Waals surface area contributed by atoms with Crippen LogP contribution in [0.5, 0.6) is 0 Å². The van der Waals surface area contributed by atoms with Gasteiger partial charge >= 0.3 is 0 Å². The number of pyridine rings is 1. The third-order valence-corrected chi connectivity index (χ3v) is 7.71. The molecule has 4 nitrogen and oxygen atoms in total. The van der Waals surface area contributed by atoms with Gasteiger partial charge in [-0.1, -0.05) is 97.7 Å². The number of hydrogen-bond donors (Lipinski definition) is 0. The van der Waals surface area contributed by atoms with E-state index in [0.717, 1.165) is 29.2 Å². The second kappa shape index (κ2) is 12.0. The molecule has 4 heteroatoms. The molecule has 1 unspecified atom stereocenters. The van der Waals surface area contributed by atoms with Crippen LogP contribution in [-0.4, -0.2) is 15.6 Å². The van der Waals surface area contributed by atoms with Gasteiger partial charge < -0.3 is 9.47 Å². The predicted octanol–water partition coefficient (Wildman–Crippen LogP) is 8.91. The quantitative estimate of drug-likeness (QED) is 0.186. The topological polar surface area (TPSA) is 44.9 Å². The zero-order valence-electron chi connectivity index (χ0n) is 23.7. The van der Waals surface area contributed by atoms with E-state index in [9.17, 15) is 0 Å². The van der Waals surface area contributed by atoms with E-state index in [4.69, 9.17) is 10.2 Å². The third kappa shape index (κ3) is 5.33. The Labute approximate surface area is 247 Å². The first kappa shape index (κ1) is 26.8. The maximum Gasteiger partial charge on any atom is 0.130 e. The molecule has 1 aliphatic heterocycles. The number of rotatable bonds is 5. The van der Waals surface area contributed by atoms with Crippen LogP contribution in [0.25, 0.3) is 28.2 Å². The molecule has 2 aliphatic rings. The highest BCUT2D eigenvalue weighted by atomic mass is 15.2. The largest absolute Gasteiger partial charge is 0.342 e. The lowest BCUT2D eigenvalue weighted by atomic mass is 10.0. The summed E-state index contributed by atoms with van der Waals surface area (Å²) < 4.78 is 2.37.